The summed E-state index contributed by atoms with van der Waals surface area (Å²) in [7, 11) is -3.64. The minimum atomic E-state index is -3.64. The van der Waals surface area contributed by atoms with E-state index >= 15 is 0 Å². The lowest BCUT2D eigenvalue weighted by Crippen LogP contribution is -2.35. The predicted octanol–water partition coefficient (Wildman–Crippen LogP) is 4.28. The normalized spacial score (nSPS) is 15.8. The predicted molar refractivity (Wildman–Crippen MR) is 125 cm³/mol. The van der Waals surface area contributed by atoms with E-state index in [4.69, 9.17) is 9.47 Å². The first-order chi connectivity index (χ1) is 15.2. The summed E-state index contributed by atoms with van der Waals surface area (Å²) in [5.74, 6) is 0.663. The Morgan fingerprint density at radius 3 is 2.50 bits per heavy atom. The summed E-state index contributed by atoms with van der Waals surface area (Å²) in [6.07, 6.45) is 1.96. The molecule has 0 spiro atoms. The molecule has 1 fully saturated rings. The summed E-state index contributed by atoms with van der Waals surface area (Å²) in [5, 5.41) is 2.79. The van der Waals surface area contributed by atoms with Crippen molar-refractivity contribution < 1.29 is 22.7 Å². The van der Waals surface area contributed by atoms with Gasteiger partial charge in [0.05, 0.1) is 17.2 Å². The van der Waals surface area contributed by atoms with E-state index in [0.29, 0.717) is 36.9 Å². The van der Waals surface area contributed by atoms with Crippen LogP contribution in [0.4, 0.5) is 5.69 Å². The summed E-state index contributed by atoms with van der Waals surface area (Å²) >= 11 is 0. The van der Waals surface area contributed by atoms with Crippen molar-refractivity contribution in [1.82, 2.24) is 4.31 Å². The number of carbonyl (C=O) groups excluding carboxylic acids is 1. The number of carbonyl (C=O) groups is 1. The molecule has 7 nitrogen and oxygen atoms in total. The van der Waals surface area contributed by atoms with Crippen molar-refractivity contribution in [3.05, 3.63) is 47.5 Å². The van der Waals surface area contributed by atoms with Crippen molar-refractivity contribution in [2.45, 2.75) is 58.0 Å². The van der Waals surface area contributed by atoms with Crippen molar-refractivity contribution in [2.75, 3.05) is 25.0 Å². The summed E-state index contributed by atoms with van der Waals surface area (Å²) in [6.45, 7) is 8.82. The molecule has 1 aliphatic rings. The molecule has 32 heavy (non-hydrogen) atoms. The van der Waals surface area contributed by atoms with E-state index in [0.717, 1.165) is 30.4 Å². The van der Waals surface area contributed by atoms with E-state index in [1.807, 2.05) is 39.0 Å². The van der Waals surface area contributed by atoms with E-state index in [1.54, 1.807) is 13.0 Å². The molecule has 1 amide bonds. The molecule has 1 atom stereocenters. The summed E-state index contributed by atoms with van der Waals surface area (Å²) in [4.78, 5) is 13.0. The minimum Gasteiger partial charge on any atom is -0.492 e. The molecule has 174 valence electrons. The van der Waals surface area contributed by atoms with Gasteiger partial charge in [0.25, 0.3) is 5.91 Å². The zero-order valence-electron chi connectivity index (χ0n) is 19.2. The number of sulfonamides is 1. The summed E-state index contributed by atoms with van der Waals surface area (Å²) in [6, 6.07) is 10.3. The molecule has 1 saturated heterocycles. The Hall–Kier alpha value is -2.58. The number of hydrogen-bond donors (Lipinski definition) is 1. The Labute approximate surface area is 190 Å². The third-order valence-corrected chi connectivity index (χ3v) is 7.58. The molecular formula is C24H32N2O5S. The molecule has 1 heterocycles. The van der Waals surface area contributed by atoms with Crippen molar-refractivity contribution in [3.63, 3.8) is 0 Å². The Morgan fingerprint density at radius 1 is 1.09 bits per heavy atom. The van der Waals surface area contributed by atoms with Gasteiger partial charge in [-0.05, 0) is 75.9 Å². The van der Waals surface area contributed by atoms with Crippen LogP contribution >= 0.6 is 0 Å². The molecule has 3 rings (SSSR count). The van der Waals surface area contributed by atoms with Crippen molar-refractivity contribution in [1.29, 1.82) is 0 Å². The molecule has 8 heteroatoms. The highest BCUT2D eigenvalue weighted by molar-refractivity contribution is 7.89. The molecule has 1 N–H and O–H groups in total. The smallest absolute Gasteiger partial charge is 0.265 e. The lowest BCUT2D eigenvalue weighted by Gasteiger charge is -2.26. The summed E-state index contributed by atoms with van der Waals surface area (Å²) in [5.41, 5.74) is 2.35. The first kappa shape index (κ1) is 24.1. The highest BCUT2D eigenvalue weighted by Crippen LogP contribution is 2.31. The van der Waals surface area contributed by atoms with Crippen LogP contribution in [0.1, 0.15) is 44.2 Å². The van der Waals surface area contributed by atoms with E-state index < -0.39 is 16.1 Å². The second kappa shape index (κ2) is 10.4. The lowest BCUT2D eigenvalue weighted by molar-refractivity contribution is -0.122. The van der Waals surface area contributed by atoms with Crippen molar-refractivity contribution >= 4 is 21.6 Å². The SMILES string of the molecule is CCOc1ccc(S(=O)(=O)N2CCCCC2)cc1NC(=O)C(C)Oc1cccc(C)c1C. The van der Waals surface area contributed by atoms with Crippen LogP contribution in [0.3, 0.4) is 0 Å². The molecule has 0 bridgehead atoms. The fraction of sp³-hybridized carbons (Fsp3) is 0.458. The van der Waals surface area contributed by atoms with E-state index in [1.165, 1.54) is 16.4 Å². The topological polar surface area (TPSA) is 84.9 Å². The Balaban J connectivity index is 1.82. The van der Waals surface area contributed by atoms with Gasteiger partial charge in [-0.2, -0.15) is 4.31 Å². The third kappa shape index (κ3) is 5.42. The Kier molecular flexibility index (Phi) is 7.79. The molecule has 2 aromatic rings. The number of benzene rings is 2. The fourth-order valence-corrected chi connectivity index (χ4v) is 5.18. The number of piperidine rings is 1. The highest BCUT2D eigenvalue weighted by atomic mass is 32.2. The maximum Gasteiger partial charge on any atom is 0.265 e. The first-order valence-corrected chi connectivity index (χ1v) is 12.5. The van der Waals surface area contributed by atoms with Crippen LogP contribution in [-0.2, 0) is 14.8 Å². The van der Waals surface area contributed by atoms with Gasteiger partial charge < -0.3 is 14.8 Å². The average molecular weight is 461 g/mol. The highest BCUT2D eigenvalue weighted by Gasteiger charge is 2.27. The lowest BCUT2D eigenvalue weighted by atomic mass is 10.1. The standard InChI is InChI=1S/C24H32N2O5S/c1-5-30-23-13-12-20(32(28,29)26-14-7-6-8-15-26)16-21(23)25-24(27)19(4)31-22-11-9-10-17(2)18(22)3/h9-13,16,19H,5-8,14-15H2,1-4H3,(H,25,27). The Morgan fingerprint density at radius 2 is 1.81 bits per heavy atom. The van der Waals surface area contributed by atoms with Gasteiger partial charge in [0.15, 0.2) is 6.10 Å². The monoisotopic (exact) mass is 460 g/mol. The van der Waals surface area contributed by atoms with E-state index in [-0.39, 0.29) is 10.8 Å². The van der Waals surface area contributed by atoms with Gasteiger partial charge >= 0.3 is 0 Å². The molecule has 0 aliphatic carbocycles. The van der Waals surface area contributed by atoms with Gasteiger partial charge in [-0.15, -0.1) is 0 Å². The molecule has 0 saturated carbocycles. The van der Waals surface area contributed by atoms with Crippen LogP contribution in [0.15, 0.2) is 41.3 Å². The zero-order chi connectivity index (χ0) is 23.3. The second-order valence-electron chi connectivity index (χ2n) is 8.00. The first-order valence-electron chi connectivity index (χ1n) is 11.0. The van der Waals surface area contributed by atoms with Gasteiger partial charge in [-0.3, -0.25) is 4.79 Å². The fourth-order valence-electron chi connectivity index (χ4n) is 3.63. The van der Waals surface area contributed by atoms with E-state index in [2.05, 4.69) is 5.32 Å². The third-order valence-electron chi connectivity index (χ3n) is 5.69. The van der Waals surface area contributed by atoms with Crippen LogP contribution in [-0.4, -0.2) is 44.4 Å². The molecule has 2 aromatic carbocycles. The number of aryl methyl sites for hydroxylation is 1. The van der Waals surface area contributed by atoms with Crippen molar-refractivity contribution in [3.8, 4) is 11.5 Å². The van der Waals surface area contributed by atoms with E-state index in [9.17, 15) is 13.2 Å². The number of hydrogen-bond acceptors (Lipinski definition) is 5. The van der Waals surface area contributed by atoms with Gasteiger partial charge in [-0.25, -0.2) is 8.42 Å². The number of anilines is 1. The van der Waals surface area contributed by atoms with Gasteiger partial charge in [0.1, 0.15) is 11.5 Å². The van der Waals surface area contributed by atoms with Crippen LogP contribution in [0, 0.1) is 13.8 Å². The molecule has 1 aliphatic heterocycles. The number of ether oxygens (including phenoxy) is 2. The van der Waals surface area contributed by atoms with Crippen LogP contribution in [0.5, 0.6) is 11.5 Å². The molecule has 0 radical (unpaired) electrons. The van der Waals surface area contributed by atoms with Crippen molar-refractivity contribution in [2.24, 2.45) is 0 Å². The quantitative estimate of drug-likeness (QED) is 0.635. The van der Waals surface area contributed by atoms with Gasteiger partial charge in [-0.1, -0.05) is 18.6 Å². The minimum absolute atomic E-state index is 0.140. The maximum absolute atomic E-state index is 13.1. The van der Waals surface area contributed by atoms with Crippen LogP contribution in [0.25, 0.3) is 0 Å². The average Bonchev–Trinajstić information content (AvgIpc) is 2.78. The molecule has 0 aromatic heterocycles. The summed E-state index contributed by atoms with van der Waals surface area (Å²) < 4.78 is 39.2. The number of nitrogens with one attached hydrogen (secondary N) is 1. The second-order valence-corrected chi connectivity index (χ2v) is 9.94. The number of amides is 1. The van der Waals surface area contributed by atoms with Crippen LogP contribution < -0.4 is 14.8 Å². The van der Waals surface area contributed by atoms with Gasteiger partial charge in [0, 0.05) is 13.1 Å². The molecular weight excluding hydrogens is 428 g/mol. The maximum atomic E-state index is 13.1. The van der Waals surface area contributed by atoms with Crippen LogP contribution in [0.2, 0.25) is 0 Å². The number of rotatable bonds is 8. The Bertz CT molecular complexity index is 1060. The largest absolute Gasteiger partial charge is 0.492 e. The zero-order valence-corrected chi connectivity index (χ0v) is 20.0. The number of nitrogens with zero attached hydrogens (tertiary/aromatic N) is 1. The molecule has 1 unspecified atom stereocenters. The van der Waals surface area contributed by atoms with Gasteiger partial charge in [0.2, 0.25) is 10.0 Å².